The summed E-state index contributed by atoms with van der Waals surface area (Å²) in [6.07, 6.45) is 6.60. The van der Waals surface area contributed by atoms with E-state index >= 15 is 0 Å². The Hall–Kier alpha value is -2.41. The van der Waals surface area contributed by atoms with Gasteiger partial charge in [0.25, 0.3) is 0 Å². The molecular weight excluding hydrogens is 340 g/mol. The van der Waals surface area contributed by atoms with Gasteiger partial charge in [0.15, 0.2) is 0 Å². The van der Waals surface area contributed by atoms with Gasteiger partial charge in [0.05, 0.1) is 6.61 Å². The maximum atomic E-state index is 5.09. The first kappa shape index (κ1) is 19.4. The first-order valence-corrected chi connectivity index (χ1v) is 9.84. The number of nitrogens with one attached hydrogen (secondary N) is 3. The van der Waals surface area contributed by atoms with Gasteiger partial charge in [-0.15, -0.1) is 0 Å². The molecule has 27 heavy (non-hydrogen) atoms. The summed E-state index contributed by atoms with van der Waals surface area (Å²) in [7, 11) is 1.68. The molecule has 0 amide bonds. The Morgan fingerprint density at radius 2 is 1.56 bits per heavy atom. The summed E-state index contributed by atoms with van der Waals surface area (Å²) in [5.41, 5.74) is 1.18. The fourth-order valence-electron chi connectivity index (χ4n) is 3.28. The maximum absolute atomic E-state index is 5.09. The summed E-state index contributed by atoms with van der Waals surface area (Å²) in [6, 6.07) is 10.2. The molecule has 0 unspecified atom stereocenters. The van der Waals surface area contributed by atoms with Gasteiger partial charge in [0, 0.05) is 26.7 Å². The molecule has 1 aromatic carbocycles. The van der Waals surface area contributed by atoms with Crippen molar-refractivity contribution in [3.8, 4) is 0 Å². The lowest BCUT2D eigenvalue weighted by molar-refractivity contribution is 0.210. The highest BCUT2D eigenvalue weighted by atomic mass is 16.5. The second kappa shape index (κ2) is 10.7. The van der Waals surface area contributed by atoms with Crippen molar-refractivity contribution in [3.05, 3.63) is 35.9 Å². The lowest BCUT2D eigenvalue weighted by Gasteiger charge is -2.21. The Labute approximate surface area is 161 Å². The highest BCUT2D eigenvalue weighted by Gasteiger charge is 2.14. The lowest BCUT2D eigenvalue weighted by Crippen LogP contribution is -2.20. The van der Waals surface area contributed by atoms with Crippen molar-refractivity contribution in [2.45, 2.75) is 38.6 Å². The van der Waals surface area contributed by atoms with Crippen molar-refractivity contribution >= 4 is 17.8 Å². The molecule has 2 aromatic rings. The van der Waals surface area contributed by atoms with Crippen LogP contribution in [0.15, 0.2) is 30.3 Å². The molecule has 1 saturated carbocycles. The Bertz CT molecular complexity index is 675. The normalized spacial score (nSPS) is 14.7. The van der Waals surface area contributed by atoms with Crippen LogP contribution in [0.4, 0.5) is 17.8 Å². The van der Waals surface area contributed by atoms with Crippen LogP contribution in [0.25, 0.3) is 0 Å². The maximum Gasteiger partial charge on any atom is 0.229 e. The molecule has 0 bridgehead atoms. The highest BCUT2D eigenvalue weighted by molar-refractivity contribution is 5.42. The number of ether oxygens (including phenoxy) is 1. The third-order valence-corrected chi connectivity index (χ3v) is 4.79. The second-order valence-corrected chi connectivity index (χ2v) is 6.95. The van der Waals surface area contributed by atoms with E-state index in [1.54, 1.807) is 7.11 Å². The topological polar surface area (TPSA) is 84.0 Å². The number of hydrogen-bond acceptors (Lipinski definition) is 7. The van der Waals surface area contributed by atoms with Crippen LogP contribution < -0.4 is 16.0 Å². The number of anilines is 3. The quantitative estimate of drug-likeness (QED) is 0.552. The molecule has 7 nitrogen and oxygen atoms in total. The van der Waals surface area contributed by atoms with E-state index in [0.717, 1.165) is 6.54 Å². The summed E-state index contributed by atoms with van der Waals surface area (Å²) in [6.45, 7) is 2.84. The van der Waals surface area contributed by atoms with Gasteiger partial charge < -0.3 is 20.7 Å². The molecule has 1 heterocycles. The third kappa shape index (κ3) is 6.67. The van der Waals surface area contributed by atoms with Crippen molar-refractivity contribution in [3.63, 3.8) is 0 Å². The van der Waals surface area contributed by atoms with Crippen LogP contribution in [0.2, 0.25) is 0 Å². The van der Waals surface area contributed by atoms with Gasteiger partial charge in [-0.25, -0.2) is 0 Å². The molecule has 1 aliphatic rings. The molecule has 146 valence electrons. The molecule has 3 N–H and O–H groups in total. The van der Waals surface area contributed by atoms with Crippen molar-refractivity contribution < 1.29 is 4.74 Å². The summed E-state index contributed by atoms with van der Waals surface area (Å²) in [4.78, 5) is 13.5. The molecule has 1 aromatic heterocycles. The van der Waals surface area contributed by atoms with E-state index in [1.807, 2.05) is 18.2 Å². The van der Waals surface area contributed by atoms with Gasteiger partial charge in [0.1, 0.15) is 0 Å². The van der Waals surface area contributed by atoms with E-state index in [9.17, 15) is 0 Å². The van der Waals surface area contributed by atoms with Crippen LogP contribution in [-0.2, 0) is 11.3 Å². The third-order valence-electron chi connectivity index (χ3n) is 4.79. The molecule has 3 rings (SSSR count). The molecule has 1 fully saturated rings. The average molecular weight is 371 g/mol. The summed E-state index contributed by atoms with van der Waals surface area (Å²) in [5.74, 6) is 2.45. The zero-order valence-electron chi connectivity index (χ0n) is 16.1. The lowest BCUT2D eigenvalue weighted by atomic mass is 9.89. The van der Waals surface area contributed by atoms with Crippen LogP contribution in [0.1, 0.15) is 37.7 Å². The zero-order valence-corrected chi connectivity index (χ0v) is 16.1. The predicted octanol–water partition coefficient (Wildman–Crippen LogP) is 3.53. The average Bonchev–Trinajstić information content (AvgIpc) is 2.72. The van der Waals surface area contributed by atoms with Crippen LogP contribution in [0.3, 0.4) is 0 Å². The summed E-state index contributed by atoms with van der Waals surface area (Å²) in [5, 5.41) is 9.90. The van der Waals surface area contributed by atoms with E-state index in [2.05, 4.69) is 43.0 Å². The standard InChI is InChI=1S/C20H30N6O/c1-27-13-12-21-18-24-19(22-14-16-8-4-2-5-9-16)26-20(25-18)23-15-17-10-6-3-7-11-17/h2,4-5,8-9,17H,3,6-7,10-15H2,1H3,(H3,21,22,23,24,25,26). The molecule has 7 heteroatoms. The van der Waals surface area contributed by atoms with Crippen molar-refractivity contribution in [2.24, 2.45) is 5.92 Å². The fraction of sp³-hybridized carbons (Fsp3) is 0.550. The molecule has 0 radical (unpaired) electrons. The first-order valence-electron chi connectivity index (χ1n) is 9.84. The second-order valence-electron chi connectivity index (χ2n) is 6.95. The van der Waals surface area contributed by atoms with Gasteiger partial charge in [-0.3, -0.25) is 0 Å². The van der Waals surface area contributed by atoms with Crippen LogP contribution in [0, 0.1) is 5.92 Å². The van der Waals surface area contributed by atoms with E-state index < -0.39 is 0 Å². The van der Waals surface area contributed by atoms with Crippen LogP contribution >= 0.6 is 0 Å². The van der Waals surface area contributed by atoms with Gasteiger partial charge >= 0.3 is 0 Å². The Balaban J connectivity index is 1.63. The van der Waals surface area contributed by atoms with Gasteiger partial charge in [0.2, 0.25) is 17.8 Å². The summed E-state index contributed by atoms with van der Waals surface area (Å²) >= 11 is 0. The SMILES string of the molecule is COCCNc1nc(NCc2ccccc2)nc(NCC2CCCCC2)n1. The minimum Gasteiger partial charge on any atom is -0.383 e. The Morgan fingerprint density at radius 1 is 0.889 bits per heavy atom. The first-order chi connectivity index (χ1) is 13.3. The minimum atomic E-state index is 0.559. The monoisotopic (exact) mass is 370 g/mol. The molecule has 0 spiro atoms. The molecule has 0 saturated heterocycles. The number of methoxy groups -OCH3 is 1. The number of rotatable bonds is 10. The van der Waals surface area contributed by atoms with Gasteiger partial charge in [-0.05, 0) is 24.3 Å². The number of nitrogens with zero attached hydrogens (tertiary/aromatic N) is 3. The smallest absolute Gasteiger partial charge is 0.229 e. The van der Waals surface area contributed by atoms with E-state index in [1.165, 1.54) is 37.7 Å². The van der Waals surface area contributed by atoms with E-state index in [-0.39, 0.29) is 0 Å². The van der Waals surface area contributed by atoms with Crippen molar-refractivity contribution in [1.29, 1.82) is 0 Å². The van der Waals surface area contributed by atoms with Crippen molar-refractivity contribution in [1.82, 2.24) is 15.0 Å². The Kier molecular flexibility index (Phi) is 7.65. The zero-order chi connectivity index (χ0) is 18.7. The van der Waals surface area contributed by atoms with Gasteiger partial charge in [-0.1, -0.05) is 49.6 Å². The molecule has 1 aliphatic carbocycles. The largest absolute Gasteiger partial charge is 0.383 e. The van der Waals surface area contributed by atoms with E-state index in [4.69, 9.17) is 4.74 Å². The van der Waals surface area contributed by atoms with Gasteiger partial charge in [-0.2, -0.15) is 15.0 Å². The molecule has 0 aliphatic heterocycles. The van der Waals surface area contributed by atoms with Crippen LogP contribution in [0.5, 0.6) is 0 Å². The minimum absolute atomic E-state index is 0.559. The highest BCUT2D eigenvalue weighted by Crippen LogP contribution is 2.23. The predicted molar refractivity (Wildman–Crippen MR) is 109 cm³/mol. The number of aromatic nitrogens is 3. The van der Waals surface area contributed by atoms with Crippen molar-refractivity contribution in [2.75, 3.05) is 42.8 Å². The Morgan fingerprint density at radius 3 is 2.26 bits per heavy atom. The van der Waals surface area contributed by atoms with E-state index in [0.29, 0.717) is 43.5 Å². The molecule has 0 atom stereocenters. The fourth-order valence-corrected chi connectivity index (χ4v) is 3.28. The number of benzene rings is 1. The number of hydrogen-bond donors (Lipinski definition) is 3. The summed E-state index contributed by atoms with van der Waals surface area (Å²) < 4.78 is 5.09. The van der Waals surface area contributed by atoms with Crippen LogP contribution in [-0.4, -0.2) is 41.8 Å². The molecular formula is C20H30N6O.